The molecule has 8 unspecified atom stereocenters. The summed E-state index contributed by atoms with van der Waals surface area (Å²) >= 11 is 0. The van der Waals surface area contributed by atoms with Crippen molar-refractivity contribution in [1.82, 2.24) is 0 Å². The summed E-state index contributed by atoms with van der Waals surface area (Å²) in [5.41, 5.74) is 1.92. The number of hydrogen-bond acceptors (Lipinski definition) is 2. The van der Waals surface area contributed by atoms with E-state index in [-0.39, 0.29) is 16.9 Å². The first-order chi connectivity index (χ1) is 10.9. The number of fused-ring (bicyclic) bond motifs is 2. The van der Waals surface area contributed by atoms with Crippen LogP contribution in [0.15, 0.2) is 17.1 Å². The van der Waals surface area contributed by atoms with E-state index in [9.17, 15) is 5.11 Å². The molecule has 1 aliphatic heterocycles. The van der Waals surface area contributed by atoms with Crippen LogP contribution in [0.1, 0.15) is 58.8 Å². The minimum atomic E-state index is -0.270. The lowest BCUT2D eigenvalue weighted by atomic mass is 9.33. The Morgan fingerprint density at radius 2 is 2.04 bits per heavy atom. The highest BCUT2D eigenvalue weighted by molar-refractivity contribution is 5.70. The van der Waals surface area contributed by atoms with Gasteiger partial charge in [0.25, 0.3) is 0 Å². The highest BCUT2D eigenvalue weighted by Gasteiger charge is 2.70. The maximum Gasteiger partial charge on any atom is 0.0811 e. The van der Waals surface area contributed by atoms with Crippen LogP contribution in [-0.2, 0) is 0 Å². The van der Waals surface area contributed by atoms with Crippen LogP contribution in [0.4, 0.5) is 0 Å². The minimum absolute atomic E-state index is 0.0872. The van der Waals surface area contributed by atoms with E-state index in [1.165, 1.54) is 44.9 Å². The number of aliphatic hydroxyl groups excluding tert-OH is 1. The average Bonchev–Trinajstić information content (AvgIpc) is 2.52. The van der Waals surface area contributed by atoms with Crippen molar-refractivity contribution >= 4 is 6.21 Å². The minimum Gasteiger partial charge on any atom is -0.388 e. The summed E-state index contributed by atoms with van der Waals surface area (Å²) in [5, 5.41) is 11.2. The lowest BCUT2D eigenvalue weighted by Crippen LogP contribution is -2.69. The summed E-state index contributed by atoms with van der Waals surface area (Å²) in [4.78, 5) is 4.92. The number of rotatable bonds is 0. The zero-order chi connectivity index (χ0) is 16.0. The van der Waals surface area contributed by atoms with E-state index in [0.29, 0.717) is 23.2 Å². The Balaban J connectivity index is 1.69. The van der Waals surface area contributed by atoms with Gasteiger partial charge in [0.2, 0.25) is 0 Å². The molecule has 1 spiro atoms. The third-order valence-electron chi connectivity index (χ3n) is 9.27. The lowest BCUT2D eigenvalue weighted by molar-refractivity contribution is -0.212. The highest BCUT2D eigenvalue weighted by Crippen LogP contribution is 2.73. The third-order valence-corrected chi connectivity index (χ3v) is 9.27. The molecule has 1 heterocycles. The van der Waals surface area contributed by atoms with Gasteiger partial charge in [0, 0.05) is 23.6 Å². The smallest absolute Gasteiger partial charge is 0.0811 e. The molecule has 5 fully saturated rings. The molecule has 0 aromatic heterocycles. The van der Waals surface area contributed by atoms with Gasteiger partial charge in [0.1, 0.15) is 0 Å². The summed E-state index contributed by atoms with van der Waals surface area (Å²) in [7, 11) is 0. The largest absolute Gasteiger partial charge is 0.388 e. The Morgan fingerprint density at radius 3 is 2.87 bits per heavy atom. The van der Waals surface area contributed by atoms with E-state index >= 15 is 0 Å². The molecule has 0 amide bonds. The molecule has 6 rings (SSSR count). The van der Waals surface area contributed by atoms with Crippen molar-refractivity contribution in [1.29, 1.82) is 0 Å². The standard InChI is InChI=1S/C21H31NO/c1-13-9-16-19(3)6-4-7-20(16,12-22-11-19)17-10-15-5-8-21(13,17)18(23)14(15)2/h12-13,15-18,23H,2,4-11H2,1,3H3. The molecule has 0 saturated heterocycles. The molecule has 4 bridgehead atoms. The monoisotopic (exact) mass is 313 g/mol. The van der Waals surface area contributed by atoms with Crippen LogP contribution in [-0.4, -0.2) is 24.0 Å². The molecule has 5 saturated carbocycles. The van der Waals surface area contributed by atoms with E-state index in [1.54, 1.807) is 0 Å². The topological polar surface area (TPSA) is 32.6 Å². The molecular weight excluding hydrogens is 282 g/mol. The second-order valence-corrected chi connectivity index (χ2v) is 9.89. The van der Waals surface area contributed by atoms with Gasteiger partial charge >= 0.3 is 0 Å². The van der Waals surface area contributed by atoms with E-state index < -0.39 is 0 Å². The third kappa shape index (κ3) is 1.49. The zero-order valence-electron chi connectivity index (χ0n) is 14.7. The number of aliphatic imine (C=N–C) groups is 1. The first kappa shape index (κ1) is 14.7. The Morgan fingerprint density at radius 1 is 1.22 bits per heavy atom. The van der Waals surface area contributed by atoms with E-state index in [1.807, 2.05) is 0 Å². The number of nitrogens with zero attached hydrogens (tertiary/aromatic N) is 1. The average molecular weight is 313 g/mol. The zero-order valence-corrected chi connectivity index (χ0v) is 14.7. The van der Waals surface area contributed by atoms with Crippen LogP contribution >= 0.6 is 0 Å². The van der Waals surface area contributed by atoms with Crippen LogP contribution in [0, 0.1) is 39.9 Å². The molecule has 23 heavy (non-hydrogen) atoms. The van der Waals surface area contributed by atoms with Crippen molar-refractivity contribution in [3.8, 4) is 0 Å². The normalized spacial score (nSPS) is 60.3. The van der Waals surface area contributed by atoms with Crippen LogP contribution in [0.5, 0.6) is 0 Å². The Kier molecular flexibility index (Phi) is 2.75. The van der Waals surface area contributed by atoms with Gasteiger partial charge in [-0.05, 0) is 73.2 Å². The maximum atomic E-state index is 11.2. The van der Waals surface area contributed by atoms with Crippen molar-refractivity contribution in [2.45, 2.75) is 64.9 Å². The van der Waals surface area contributed by atoms with Gasteiger partial charge in [-0.3, -0.25) is 4.99 Å². The van der Waals surface area contributed by atoms with Crippen LogP contribution in [0.3, 0.4) is 0 Å². The summed E-state index contributed by atoms with van der Waals surface area (Å²) in [6.07, 6.45) is 11.1. The quantitative estimate of drug-likeness (QED) is 0.667. The molecule has 0 aromatic rings. The first-order valence-electron chi connectivity index (χ1n) is 9.82. The van der Waals surface area contributed by atoms with Crippen LogP contribution in [0.2, 0.25) is 0 Å². The van der Waals surface area contributed by atoms with Gasteiger partial charge in [0.15, 0.2) is 0 Å². The highest BCUT2D eigenvalue weighted by atomic mass is 16.3. The fourth-order valence-electron chi connectivity index (χ4n) is 8.18. The lowest BCUT2D eigenvalue weighted by Gasteiger charge is -2.71. The summed E-state index contributed by atoms with van der Waals surface area (Å²) < 4.78 is 0. The van der Waals surface area contributed by atoms with Gasteiger partial charge in [-0.25, -0.2) is 0 Å². The van der Waals surface area contributed by atoms with Gasteiger partial charge < -0.3 is 5.11 Å². The summed E-state index contributed by atoms with van der Waals surface area (Å²) in [6, 6.07) is 0. The molecular formula is C21H31NO. The predicted molar refractivity (Wildman–Crippen MR) is 93.4 cm³/mol. The van der Waals surface area contributed by atoms with Gasteiger partial charge in [0.05, 0.1) is 6.10 Å². The van der Waals surface area contributed by atoms with Crippen LogP contribution in [0.25, 0.3) is 0 Å². The van der Waals surface area contributed by atoms with Crippen molar-refractivity contribution in [3.63, 3.8) is 0 Å². The van der Waals surface area contributed by atoms with Crippen molar-refractivity contribution in [2.75, 3.05) is 6.54 Å². The van der Waals surface area contributed by atoms with Crippen molar-refractivity contribution in [3.05, 3.63) is 12.2 Å². The molecule has 1 N–H and O–H groups in total. The Hall–Kier alpha value is -0.630. The van der Waals surface area contributed by atoms with E-state index in [4.69, 9.17) is 4.99 Å². The molecule has 2 heteroatoms. The predicted octanol–water partition coefficient (Wildman–Crippen LogP) is 4.24. The first-order valence-corrected chi connectivity index (χ1v) is 9.82. The fourth-order valence-corrected chi connectivity index (χ4v) is 8.18. The summed E-state index contributed by atoms with van der Waals surface area (Å²) in [5.74, 6) is 2.58. The summed E-state index contributed by atoms with van der Waals surface area (Å²) in [6.45, 7) is 10.3. The molecule has 0 radical (unpaired) electrons. The Bertz CT molecular complexity index is 597. The maximum absolute atomic E-state index is 11.2. The molecule has 126 valence electrons. The second-order valence-electron chi connectivity index (χ2n) is 9.89. The van der Waals surface area contributed by atoms with Gasteiger partial charge in [-0.15, -0.1) is 0 Å². The van der Waals surface area contributed by atoms with E-state index in [0.717, 1.165) is 18.0 Å². The molecule has 8 atom stereocenters. The van der Waals surface area contributed by atoms with Crippen molar-refractivity contribution in [2.24, 2.45) is 44.9 Å². The van der Waals surface area contributed by atoms with Gasteiger partial charge in [-0.2, -0.15) is 0 Å². The molecule has 0 aromatic carbocycles. The van der Waals surface area contributed by atoms with Gasteiger partial charge in [-0.1, -0.05) is 26.8 Å². The SMILES string of the molecule is C=C1C2CCC3(C(C)CC4C5(C)CCCC4(C=NC5)C3C2)C1O. The molecule has 6 aliphatic rings. The van der Waals surface area contributed by atoms with Crippen LogP contribution < -0.4 is 0 Å². The fraction of sp³-hybridized carbons (Fsp3) is 0.857. The van der Waals surface area contributed by atoms with E-state index in [2.05, 4.69) is 26.6 Å². The Labute approximate surface area is 140 Å². The van der Waals surface area contributed by atoms with Crippen molar-refractivity contribution < 1.29 is 5.11 Å². The molecule has 5 aliphatic carbocycles. The molecule has 2 nitrogen and oxygen atoms in total. The second kappa shape index (κ2) is 4.31. The number of aliphatic hydroxyl groups is 1. The number of hydrogen-bond donors (Lipinski definition) is 1.